The van der Waals surface area contributed by atoms with Gasteiger partial charge in [0, 0.05) is 17.7 Å². The van der Waals surface area contributed by atoms with E-state index < -0.39 is 4.92 Å². The summed E-state index contributed by atoms with van der Waals surface area (Å²) in [6, 6.07) is 9.61. The molecule has 2 heterocycles. The van der Waals surface area contributed by atoms with Crippen LogP contribution in [0.4, 0.5) is 10.5 Å². The van der Waals surface area contributed by atoms with Crippen LogP contribution in [-0.2, 0) is 0 Å². The van der Waals surface area contributed by atoms with E-state index >= 15 is 0 Å². The number of nitrogens with zero attached hydrogens (tertiary/aromatic N) is 1. The second kappa shape index (κ2) is 5.74. The number of nitro benzene ring substituents is 1. The molecule has 1 aromatic heterocycles. The van der Waals surface area contributed by atoms with E-state index in [1.165, 1.54) is 12.1 Å². The molecule has 1 saturated heterocycles. The van der Waals surface area contributed by atoms with E-state index in [9.17, 15) is 14.9 Å². The lowest BCUT2D eigenvalue weighted by molar-refractivity contribution is -0.384. The topological polar surface area (TPSA) is 85.4 Å². The maximum absolute atomic E-state index is 11.2. The molecule has 22 heavy (non-hydrogen) atoms. The van der Waals surface area contributed by atoms with Crippen LogP contribution in [0.5, 0.6) is 0 Å². The zero-order chi connectivity index (χ0) is 15.7. The minimum Gasteiger partial charge on any atom is -0.457 e. The van der Waals surface area contributed by atoms with Gasteiger partial charge in [-0.25, -0.2) is 0 Å². The molecular formula is C14H8N2O4S2. The van der Waals surface area contributed by atoms with Crippen LogP contribution in [0.15, 0.2) is 45.7 Å². The van der Waals surface area contributed by atoms with Crippen molar-refractivity contribution >= 4 is 46.0 Å². The SMILES string of the molecule is O=C1NC(=S)C(=Cc2ccc(-c3cccc([N+](=O)[O-])c3)o2)S1. The van der Waals surface area contributed by atoms with Gasteiger partial charge in [0.2, 0.25) is 0 Å². The highest BCUT2D eigenvalue weighted by atomic mass is 32.2. The first-order valence-electron chi connectivity index (χ1n) is 6.12. The standard InChI is InChI=1S/C14H8N2O4S2/c17-14-15-13(21)12(22-14)7-10-4-5-11(20-10)8-2-1-3-9(6-8)16(18)19/h1-7H,(H,15,17,21). The van der Waals surface area contributed by atoms with Gasteiger partial charge in [0.05, 0.1) is 9.83 Å². The van der Waals surface area contributed by atoms with Crippen molar-refractivity contribution in [2.75, 3.05) is 0 Å². The van der Waals surface area contributed by atoms with E-state index in [2.05, 4.69) is 5.32 Å². The molecule has 0 unspecified atom stereocenters. The molecule has 0 radical (unpaired) electrons. The number of non-ortho nitro benzene ring substituents is 1. The number of nitro groups is 1. The largest absolute Gasteiger partial charge is 0.457 e. The van der Waals surface area contributed by atoms with E-state index in [0.717, 1.165) is 11.8 Å². The summed E-state index contributed by atoms with van der Waals surface area (Å²) in [5, 5.41) is 13.1. The average molecular weight is 332 g/mol. The second-order valence-corrected chi connectivity index (χ2v) is 5.78. The van der Waals surface area contributed by atoms with E-state index in [1.54, 1.807) is 30.3 Å². The number of carbonyl (C=O) groups excluding carboxylic acids is 1. The van der Waals surface area contributed by atoms with Crippen LogP contribution in [-0.4, -0.2) is 15.2 Å². The van der Waals surface area contributed by atoms with Crippen molar-refractivity contribution in [2.24, 2.45) is 0 Å². The smallest absolute Gasteiger partial charge is 0.289 e. The number of thiocarbonyl (C=S) groups is 1. The van der Waals surface area contributed by atoms with Crippen LogP contribution in [0.2, 0.25) is 0 Å². The summed E-state index contributed by atoms with van der Waals surface area (Å²) in [4.78, 5) is 22.5. The fraction of sp³-hybridized carbons (Fsp3) is 0. The Morgan fingerprint density at radius 1 is 1.32 bits per heavy atom. The molecular weight excluding hydrogens is 324 g/mol. The second-order valence-electron chi connectivity index (χ2n) is 4.36. The van der Waals surface area contributed by atoms with Crippen LogP contribution < -0.4 is 5.32 Å². The Balaban J connectivity index is 1.90. The van der Waals surface area contributed by atoms with Gasteiger partial charge in [-0.3, -0.25) is 14.9 Å². The Kier molecular flexibility index (Phi) is 3.78. The third-order valence-electron chi connectivity index (χ3n) is 2.88. The lowest BCUT2D eigenvalue weighted by atomic mass is 10.1. The third kappa shape index (κ3) is 2.92. The normalized spacial score (nSPS) is 16.1. The number of benzene rings is 1. The lowest BCUT2D eigenvalue weighted by Crippen LogP contribution is -2.15. The molecule has 0 bridgehead atoms. The highest BCUT2D eigenvalue weighted by Gasteiger charge is 2.22. The van der Waals surface area contributed by atoms with Crippen molar-refractivity contribution in [1.82, 2.24) is 5.32 Å². The molecule has 2 aromatic rings. The Morgan fingerprint density at radius 3 is 2.82 bits per heavy atom. The van der Waals surface area contributed by atoms with Gasteiger partial charge in [-0.2, -0.15) is 0 Å². The molecule has 1 aliphatic rings. The molecule has 0 aliphatic carbocycles. The third-order valence-corrected chi connectivity index (χ3v) is 4.16. The van der Waals surface area contributed by atoms with Crippen LogP contribution >= 0.6 is 24.0 Å². The fourth-order valence-corrected chi connectivity index (χ4v) is 2.92. The average Bonchev–Trinajstić information content (AvgIpc) is 3.06. The minimum atomic E-state index is -0.458. The van der Waals surface area contributed by atoms with Crippen molar-refractivity contribution in [3.8, 4) is 11.3 Å². The highest BCUT2D eigenvalue weighted by Crippen LogP contribution is 2.30. The maximum Gasteiger partial charge on any atom is 0.289 e. The van der Waals surface area contributed by atoms with E-state index in [-0.39, 0.29) is 10.9 Å². The summed E-state index contributed by atoms with van der Waals surface area (Å²) in [6.07, 6.45) is 1.66. The van der Waals surface area contributed by atoms with Crippen molar-refractivity contribution < 1.29 is 14.1 Å². The summed E-state index contributed by atoms with van der Waals surface area (Å²) >= 11 is 6.03. The Morgan fingerprint density at radius 2 is 2.14 bits per heavy atom. The number of carbonyl (C=O) groups is 1. The quantitative estimate of drug-likeness (QED) is 0.396. The van der Waals surface area contributed by atoms with E-state index in [4.69, 9.17) is 16.6 Å². The summed E-state index contributed by atoms with van der Waals surface area (Å²) in [7, 11) is 0. The molecule has 6 nitrogen and oxygen atoms in total. The number of hydrogen-bond acceptors (Lipinski definition) is 6. The number of nitrogens with one attached hydrogen (secondary N) is 1. The lowest BCUT2D eigenvalue weighted by Gasteiger charge is -1.97. The summed E-state index contributed by atoms with van der Waals surface area (Å²) < 4.78 is 5.64. The molecule has 0 atom stereocenters. The number of furan rings is 1. The minimum absolute atomic E-state index is 0.00359. The molecule has 1 aromatic carbocycles. The van der Waals surface area contributed by atoms with Crippen molar-refractivity contribution in [3.63, 3.8) is 0 Å². The highest BCUT2D eigenvalue weighted by molar-refractivity contribution is 8.19. The first-order valence-corrected chi connectivity index (χ1v) is 7.35. The van der Waals surface area contributed by atoms with Crippen LogP contribution in [0, 0.1) is 10.1 Å². The summed E-state index contributed by atoms with van der Waals surface area (Å²) in [5.41, 5.74) is 0.603. The fourth-order valence-electron chi connectivity index (χ4n) is 1.91. The molecule has 8 heteroatoms. The van der Waals surface area contributed by atoms with Crippen molar-refractivity contribution in [2.45, 2.75) is 0 Å². The first-order chi connectivity index (χ1) is 10.5. The molecule has 1 N–H and O–H groups in total. The van der Waals surface area contributed by atoms with Gasteiger partial charge in [0.15, 0.2) is 0 Å². The zero-order valence-electron chi connectivity index (χ0n) is 10.9. The van der Waals surface area contributed by atoms with Gasteiger partial charge in [0.25, 0.3) is 10.9 Å². The first kappa shape index (κ1) is 14.5. The predicted molar refractivity (Wildman–Crippen MR) is 87.5 cm³/mol. The van der Waals surface area contributed by atoms with E-state index in [1.807, 2.05) is 0 Å². The Labute approximate surface area is 134 Å². The Hall–Kier alpha value is -2.45. The van der Waals surface area contributed by atoms with Crippen molar-refractivity contribution in [1.29, 1.82) is 0 Å². The van der Waals surface area contributed by atoms with Gasteiger partial charge < -0.3 is 9.73 Å². The van der Waals surface area contributed by atoms with Gasteiger partial charge in [0.1, 0.15) is 16.5 Å². The maximum atomic E-state index is 11.2. The van der Waals surface area contributed by atoms with Crippen molar-refractivity contribution in [3.05, 3.63) is 57.2 Å². The van der Waals surface area contributed by atoms with Gasteiger partial charge in [-0.05, 0) is 30.0 Å². The van der Waals surface area contributed by atoms with Gasteiger partial charge in [-0.15, -0.1) is 0 Å². The van der Waals surface area contributed by atoms with Gasteiger partial charge in [-0.1, -0.05) is 24.4 Å². The predicted octanol–water partition coefficient (Wildman–Crippen LogP) is 3.98. The monoisotopic (exact) mass is 332 g/mol. The number of amides is 1. The molecule has 1 amide bonds. The molecule has 0 spiro atoms. The molecule has 0 saturated carbocycles. The van der Waals surface area contributed by atoms with Crippen LogP contribution in [0.25, 0.3) is 17.4 Å². The molecule has 110 valence electrons. The number of thioether (sulfide) groups is 1. The van der Waals surface area contributed by atoms with E-state index in [0.29, 0.717) is 27.0 Å². The summed E-state index contributed by atoms with van der Waals surface area (Å²) in [5.74, 6) is 1.02. The number of rotatable bonds is 3. The van der Waals surface area contributed by atoms with Crippen LogP contribution in [0.3, 0.4) is 0 Å². The Bertz CT molecular complexity index is 826. The van der Waals surface area contributed by atoms with Gasteiger partial charge >= 0.3 is 0 Å². The zero-order valence-corrected chi connectivity index (χ0v) is 12.6. The van der Waals surface area contributed by atoms with Crippen LogP contribution in [0.1, 0.15) is 5.76 Å². The molecule has 1 fully saturated rings. The molecule has 1 aliphatic heterocycles. The summed E-state index contributed by atoms with van der Waals surface area (Å²) in [6.45, 7) is 0. The molecule has 3 rings (SSSR count). The number of hydrogen-bond donors (Lipinski definition) is 1.